The molecule has 0 spiro atoms. The van der Waals surface area contributed by atoms with Crippen LogP contribution in [0.2, 0.25) is 0 Å². The van der Waals surface area contributed by atoms with Gasteiger partial charge < -0.3 is 19.9 Å². The molecule has 148 valence electrons. The van der Waals surface area contributed by atoms with Crippen molar-refractivity contribution in [2.75, 3.05) is 46.9 Å². The Morgan fingerprint density at radius 1 is 1.50 bits per heavy atom. The summed E-state index contributed by atoms with van der Waals surface area (Å²) >= 11 is 1.66. The Labute approximate surface area is 162 Å². The molecular formula is C19H35N5OS. The molecule has 2 heterocycles. The minimum atomic E-state index is 0.0493. The Balaban J connectivity index is 1.87. The van der Waals surface area contributed by atoms with E-state index in [0.29, 0.717) is 0 Å². The first kappa shape index (κ1) is 21.1. The number of piperidine rings is 1. The summed E-state index contributed by atoms with van der Waals surface area (Å²) in [5, 5.41) is 6.53. The zero-order chi connectivity index (χ0) is 18.9. The number of guanidine groups is 1. The third-order valence-electron chi connectivity index (χ3n) is 4.92. The lowest BCUT2D eigenvalue weighted by Crippen LogP contribution is -2.40. The molecule has 1 saturated heterocycles. The summed E-state index contributed by atoms with van der Waals surface area (Å²) < 4.78 is 5.35. The van der Waals surface area contributed by atoms with Gasteiger partial charge in [-0.3, -0.25) is 4.99 Å². The minimum absolute atomic E-state index is 0.0493. The number of hydrogen-bond donors (Lipinski definition) is 1. The van der Waals surface area contributed by atoms with Gasteiger partial charge in [-0.15, -0.1) is 11.3 Å². The van der Waals surface area contributed by atoms with Gasteiger partial charge in [0.1, 0.15) is 11.1 Å². The number of nitrogens with zero attached hydrogens (tertiary/aromatic N) is 4. The van der Waals surface area contributed by atoms with Crippen LogP contribution in [-0.4, -0.2) is 67.6 Å². The highest BCUT2D eigenvalue weighted by Crippen LogP contribution is 2.21. The summed E-state index contributed by atoms with van der Waals surface area (Å²) in [5.74, 6) is 1.83. The molecule has 0 radical (unpaired) electrons. The molecule has 1 aliphatic heterocycles. The molecule has 2 rings (SSSR count). The van der Waals surface area contributed by atoms with Crippen molar-refractivity contribution >= 4 is 17.3 Å². The first-order valence-corrected chi connectivity index (χ1v) is 10.6. The van der Waals surface area contributed by atoms with Crippen LogP contribution >= 0.6 is 11.3 Å². The molecular weight excluding hydrogens is 346 g/mol. The number of likely N-dealkylation sites (tertiary alicyclic amines) is 1. The summed E-state index contributed by atoms with van der Waals surface area (Å²) in [7, 11) is 3.79. The molecule has 1 aromatic heterocycles. The number of aliphatic imine (C=N–C) groups is 1. The van der Waals surface area contributed by atoms with Crippen molar-refractivity contribution in [1.29, 1.82) is 0 Å². The van der Waals surface area contributed by atoms with E-state index in [1.165, 1.54) is 25.9 Å². The topological polar surface area (TPSA) is 53.0 Å². The zero-order valence-corrected chi connectivity index (χ0v) is 17.8. The Kier molecular flexibility index (Phi) is 8.81. The van der Waals surface area contributed by atoms with Gasteiger partial charge in [-0.05, 0) is 45.7 Å². The van der Waals surface area contributed by atoms with Crippen LogP contribution < -0.4 is 5.32 Å². The normalized spacial score (nSPS) is 18.1. The van der Waals surface area contributed by atoms with Gasteiger partial charge in [0.15, 0.2) is 5.96 Å². The maximum absolute atomic E-state index is 5.35. The van der Waals surface area contributed by atoms with Crippen LogP contribution in [0.3, 0.4) is 0 Å². The van der Waals surface area contributed by atoms with E-state index in [1.807, 2.05) is 6.92 Å². The summed E-state index contributed by atoms with van der Waals surface area (Å²) in [6.07, 6.45) is 2.68. The van der Waals surface area contributed by atoms with Crippen LogP contribution in [0.4, 0.5) is 0 Å². The highest BCUT2D eigenvalue weighted by Gasteiger charge is 2.16. The summed E-state index contributed by atoms with van der Waals surface area (Å²) in [4.78, 5) is 14.2. The number of methoxy groups -OCH3 is 1. The van der Waals surface area contributed by atoms with Crippen molar-refractivity contribution in [2.24, 2.45) is 10.9 Å². The molecule has 0 saturated carbocycles. The molecule has 6 nitrogen and oxygen atoms in total. The quantitative estimate of drug-likeness (QED) is 0.554. The first-order valence-electron chi connectivity index (χ1n) is 9.72. The van der Waals surface area contributed by atoms with E-state index in [1.54, 1.807) is 18.4 Å². The van der Waals surface area contributed by atoms with Crippen molar-refractivity contribution in [3.8, 4) is 0 Å². The van der Waals surface area contributed by atoms with Crippen molar-refractivity contribution < 1.29 is 4.74 Å². The highest BCUT2D eigenvalue weighted by molar-refractivity contribution is 7.09. The Morgan fingerprint density at radius 3 is 2.88 bits per heavy atom. The average Bonchev–Trinajstić information content (AvgIpc) is 3.10. The number of thiazole rings is 1. The van der Waals surface area contributed by atoms with E-state index < -0.39 is 0 Å². The molecule has 0 bridgehead atoms. The first-order chi connectivity index (χ1) is 12.5. The fourth-order valence-electron chi connectivity index (χ4n) is 3.05. The Bertz CT molecular complexity index is 554. The van der Waals surface area contributed by atoms with Gasteiger partial charge in [0, 0.05) is 32.6 Å². The molecule has 0 amide bonds. The van der Waals surface area contributed by atoms with Crippen LogP contribution in [0.5, 0.6) is 0 Å². The van der Waals surface area contributed by atoms with Gasteiger partial charge in [-0.2, -0.15) is 0 Å². The number of aromatic nitrogens is 1. The van der Waals surface area contributed by atoms with Crippen molar-refractivity contribution in [3.05, 3.63) is 16.1 Å². The lowest BCUT2D eigenvalue weighted by Gasteiger charge is -2.29. The molecule has 0 aromatic carbocycles. The average molecular weight is 382 g/mol. The lowest BCUT2D eigenvalue weighted by molar-refractivity contribution is 0.119. The van der Waals surface area contributed by atoms with Crippen LogP contribution in [-0.2, 0) is 11.3 Å². The second-order valence-corrected chi connectivity index (χ2v) is 8.06. The molecule has 1 aliphatic rings. The maximum Gasteiger partial charge on any atom is 0.194 e. The maximum atomic E-state index is 5.35. The van der Waals surface area contributed by atoms with E-state index in [2.05, 4.69) is 46.4 Å². The van der Waals surface area contributed by atoms with E-state index in [0.717, 1.165) is 48.8 Å². The van der Waals surface area contributed by atoms with E-state index >= 15 is 0 Å². The number of ether oxygens (including phenoxy) is 1. The van der Waals surface area contributed by atoms with Crippen LogP contribution in [0.25, 0.3) is 0 Å². The standard InChI is InChI=1S/C19H35N5OS/c1-6-20-19(21-9-12-24-10-7-15(2)8-11-24)23(4)13-17-14-26-18(22-17)16(3)25-5/h14-16H,6-13H2,1-5H3,(H,20,21). The Hall–Kier alpha value is -1.18. The van der Waals surface area contributed by atoms with Gasteiger partial charge in [-0.25, -0.2) is 4.98 Å². The largest absolute Gasteiger partial charge is 0.375 e. The van der Waals surface area contributed by atoms with E-state index in [-0.39, 0.29) is 6.10 Å². The minimum Gasteiger partial charge on any atom is -0.375 e. The molecule has 1 N–H and O–H groups in total. The summed E-state index contributed by atoms with van der Waals surface area (Å²) in [6.45, 7) is 12.4. The predicted molar refractivity (Wildman–Crippen MR) is 110 cm³/mol. The second kappa shape index (κ2) is 10.8. The number of hydrogen-bond acceptors (Lipinski definition) is 5. The van der Waals surface area contributed by atoms with Gasteiger partial charge in [0.25, 0.3) is 0 Å². The van der Waals surface area contributed by atoms with Crippen molar-refractivity contribution in [1.82, 2.24) is 20.1 Å². The van der Waals surface area contributed by atoms with Crippen LogP contribution in [0.1, 0.15) is 50.4 Å². The molecule has 1 unspecified atom stereocenters. The third kappa shape index (κ3) is 6.52. The van der Waals surface area contributed by atoms with Crippen molar-refractivity contribution in [2.45, 2.75) is 46.3 Å². The van der Waals surface area contributed by atoms with E-state index in [4.69, 9.17) is 9.73 Å². The summed E-state index contributed by atoms with van der Waals surface area (Å²) in [6, 6.07) is 0. The molecule has 1 atom stereocenters. The molecule has 0 aliphatic carbocycles. The van der Waals surface area contributed by atoms with Gasteiger partial charge >= 0.3 is 0 Å². The molecule has 1 fully saturated rings. The smallest absolute Gasteiger partial charge is 0.194 e. The van der Waals surface area contributed by atoms with Crippen molar-refractivity contribution in [3.63, 3.8) is 0 Å². The fourth-order valence-corrected chi connectivity index (χ4v) is 3.90. The summed E-state index contributed by atoms with van der Waals surface area (Å²) in [5.41, 5.74) is 1.06. The number of nitrogens with one attached hydrogen (secondary N) is 1. The SMILES string of the molecule is CCNC(=NCCN1CCC(C)CC1)N(C)Cc1csc(C(C)OC)n1. The van der Waals surface area contributed by atoms with Crippen LogP contribution in [0, 0.1) is 5.92 Å². The fraction of sp³-hybridized carbons (Fsp3) is 0.789. The Morgan fingerprint density at radius 2 is 2.23 bits per heavy atom. The predicted octanol–water partition coefficient (Wildman–Crippen LogP) is 2.98. The molecule has 7 heteroatoms. The lowest BCUT2D eigenvalue weighted by atomic mass is 9.99. The highest BCUT2D eigenvalue weighted by atomic mass is 32.1. The van der Waals surface area contributed by atoms with E-state index in [9.17, 15) is 0 Å². The zero-order valence-electron chi connectivity index (χ0n) is 17.0. The molecule has 1 aromatic rings. The monoisotopic (exact) mass is 381 g/mol. The van der Waals surface area contributed by atoms with Gasteiger partial charge in [0.05, 0.1) is 18.8 Å². The molecule has 26 heavy (non-hydrogen) atoms. The van der Waals surface area contributed by atoms with Gasteiger partial charge in [0.2, 0.25) is 0 Å². The third-order valence-corrected chi connectivity index (χ3v) is 5.98. The van der Waals surface area contributed by atoms with Crippen LogP contribution in [0.15, 0.2) is 10.4 Å². The van der Waals surface area contributed by atoms with Gasteiger partial charge in [-0.1, -0.05) is 6.92 Å². The second-order valence-electron chi connectivity index (χ2n) is 7.17. The number of rotatable bonds is 8.